The van der Waals surface area contributed by atoms with Gasteiger partial charge in [-0.1, -0.05) is 12.1 Å². The molecule has 0 radical (unpaired) electrons. The zero-order chi connectivity index (χ0) is 15.9. The summed E-state index contributed by atoms with van der Waals surface area (Å²) >= 11 is 0. The van der Waals surface area contributed by atoms with Crippen LogP contribution in [-0.2, 0) is 25.4 Å². The Morgan fingerprint density at radius 2 is 2.27 bits per heavy atom. The number of rotatable bonds is 8. The van der Waals surface area contributed by atoms with Crippen molar-refractivity contribution in [1.82, 2.24) is 10.1 Å². The van der Waals surface area contributed by atoms with E-state index in [0.717, 1.165) is 32.3 Å². The van der Waals surface area contributed by atoms with E-state index in [2.05, 4.69) is 10.1 Å². The summed E-state index contributed by atoms with van der Waals surface area (Å²) < 4.78 is 21.4. The van der Waals surface area contributed by atoms with Crippen LogP contribution in [0.15, 0.2) is 4.52 Å². The Kier molecular flexibility index (Phi) is 6.33. The van der Waals surface area contributed by atoms with Crippen LogP contribution in [0, 0.1) is 0 Å². The number of aryl methyl sites for hydroxylation is 1. The van der Waals surface area contributed by atoms with Gasteiger partial charge in [0.25, 0.3) is 5.89 Å². The lowest BCUT2D eigenvalue weighted by Crippen LogP contribution is -2.28. The van der Waals surface area contributed by atoms with Crippen LogP contribution in [0.5, 0.6) is 0 Å². The first-order valence-corrected chi connectivity index (χ1v) is 7.86. The molecule has 1 saturated heterocycles. The lowest BCUT2D eigenvalue weighted by Gasteiger charge is -2.17. The monoisotopic (exact) mass is 312 g/mol. The van der Waals surface area contributed by atoms with E-state index in [1.165, 1.54) is 0 Å². The van der Waals surface area contributed by atoms with Gasteiger partial charge in [-0.15, -0.1) is 0 Å². The molecule has 0 aliphatic carbocycles. The highest BCUT2D eigenvalue weighted by molar-refractivity contribution is 5.74. The van der Waals surface area contributed by atoms with E-state index >= 15 is 0 Å². The van der Waals surface area contributed by atoms with E-state index in [-0.39, 0.29) is 6.10 Å². The van der Waals surface area contributed by atoms with Crippen molar-refractivity contribution in [3.05, 3.63) is 11.7 Å². The molecule has 0 N–H and O–H groups in total. The third-order valence-corrected chi connectivity index (χ3v) is 3.49. The van der Waals surface area contributed by atoms with Crippen LogP contribution in [0.4, 0.5) is 0 Å². The summed E-state index contributed by atoms with van der Waals surface area (Å²) in [5.41, 5.74) is 0. The number of carbonyl (C=O) groups is 1. The maximum atomic E-state index is 12.0. The lowest BCUT2D eigenvalue weighted by atomic mass is 10.2. The molecule has 2 heterocycles. The number of ether oxygens (including phenoxy) is 3. The Morgan fingerprint density at radius 3 is 2.95 bits per heavy atom. The zero-order valence-electron chi connectivity index (χ0n) is 13.4. The Labute approximate surface area is 130 Å². The lowest BCUT2D eigenvalue weighted by molar-refractivity contribution is -0.164. The second-order valence-corrected chi connectivity index (χ2v) is 5.49. The Balaban J connectivity index is 1.76. The highest BCUT2D eigenvalue weighted by Gasteiger charge is 2.24. The van der Waals surface area contributed by atoms with Gasteiger partial charge in [0.2, 0.25) is 0 Å². The summed E-state index contributed by atoms with van der Waals surface area (Å²) in [6, 6.07) is 0. The van der Waals surface area contributed by atoms with E-state index in [4.69, 9.17) is 18.7 Å². The first-order valence-electron chi connectivity index (χ1n) is 7.86. The third kappa shape index (κ3) is 4.78. The minimum Gasteiger partial charge on any atom is -0.451 e. The third-order valence-electron chi connectivity index (χ3n) is 3.49. The van der Waals surface area contributed by atoms with Crippen LogP contribution in [-0.4, -0.2) is 41.5 Å². The van der Waals surface area contributed by atoms with Gasteiger partial charge in [-0.2, -0.15) is 4.98 Å². The quantitative estimate of drug-likeness (QED) is 0.680. The van der Waals surface area contributed by atoms with Gasteiger partial charge in [0.15, 0.2) is 18.0 Å². The molecule has 2 rings (SSSR count). The standard InChI is InChI=1S/C15H24N2O5/c1-4-6-13-16-14(22-17-13)10(2)21-15(18)11(3)20-9-12-7-5-8-19-12/h10-12H,4-9H2,1-3H3. The van der Waals surface area contributed by atoms with Crippen LogP contribution in [0.2, 0.25) is 0 Å². The van der Waals surface area contributed by atoms with Crippen molar-refractivity contribution in [3.63, 3.8) is 0 Å². The smallest absolute Gasteiger partial charge is 0.335 e. The first-order chi connectivity index (χ1) is 10.6. The molecule has 22 heavy (non-hydrogen) atoms. The van der Waals surface area contributed by atoms with Crippen molar-refractivity contribution in [1.29, 1.82) is 0 Å². The number of hydrogen-bond acceptors (Lipinski definition) is 7. The second kappa shape index (κ2) is 8.24. The summed E-state index contributed by atoms with van der Waals surface area (Å²) in [4.78, 5) is 16.2. The molecule has 3 atom stereocenters. The molecule has 3 unspecified atom stereocenters. The largest absolute Gasteiger partial charge is 0.451 e. The molecule has 1 aromatic rings. The fourth-order valence-electron chi connectivity index (χ4n) is 2.17. The van der Waals surface area contributed by atoms with Crippen molar-refractivity contribution in [3.8, 4) is 0 Å². The van der Waals surface area contributed by atoms with Crippen molar-refractivity contribution < 1.29 is 23.5 Å². The van der Waals surface area contributed by atoms with Gasteiger partial charge in [-0.05, 0) is 33.1 Å². The van der Waals surface area contributed by atoms with Gasteiger partial charge in [-0.25, -0.2) is 4.79 Å². The predicted molar refractivity (Wildman–Crippen MR) is 77.2 cm³/mol. The summed E-state index contributed by atoms with van der Waals surface area (Å²) in [7, 11) is 0. The average Bonchev–Trinajstić information content (AvgIpc) is 3.16. The molecule has 1 aromatic heterocycles. The fraction of sp³-hybridized carbons (Fsp3) is 0.800. The molecule has 0 bridgehead atoms. The minimum absolute atomic E-state index is 0.0835. The minimum atomic E-state index is -0.648. The Morgan fingerprint density at radius 1 is 1.45 bits per heavy atom. The van der Waals surface area contributed by atoms with Gasteiger partial charge in [0.1, 0.15) is 0 Å². The Bertz CT molecular complexity index is 470. The number of nitrogens with zero attached hydrogens (tertiary/aromatic N) is 2. The topological polar surface area (TPSA) is 83.7 Å². The molecule has 1 aliphatic heterocycles. The van der Waals surface area contributed by atoms with E-state index in [1.54, 1.807) is 13.8 Å². The summed E-state index contributed by atoms with van der Waals surface area (Å²) in [6.45, 7) is 6.58. The van der Waals surface area contributed by atoms with Gasteiger partial charge >= 0.3 is 5.97 Å². The van der Waals surface area contributed by atoms with E-state index in [1.807, 2.05) is 6.92 Å². The zero-order valence-corrected chi connectivity index (χ0v) is 13.4. The normalized spacial score (nSPS) is 20.8. The summed E-state index contributed by atoms with van der Waals surface area (Å²) in [5, 5.41) is 3.84. The van der Waals surface area contributed by atoms with Crippen molar-refractivity contribution in [2.45, 2.75) is 64.8 Å². The molecule has 0 amide bonds. The number of esters is 1. The molecule has 0 saturated carbocycles. The number of carbonyl (C=O) groups excluding carboxylic acids is 1. The number of hydrogen-bond donors (Lipinski definition) is 0. The van der Waals surface area contributed by atoms with E-state index in [0.29, 0.717) is 18.3 Å². The molecule has 1 fully saturated rings. The highest BCUT2D eigenvalue weighted by atomic mass is 16.6. The maximum absolute atomic E-state index is 12.0. The van der Waals surface area contributed by atoms with E-state index in [9.17, 15) is 4.79 Å². The molecule has 124 valence electrons. The molecule has 7 heteroatoms. The van der Waals surface area contributed by atoms with Crippen molar-refractivity contribution >= 4 is 5.97 Å². The molecular weight excluding hydrogens is 288 g/mol. The van der Waals surface area contributed by atoms with Crippen LogP contribution >= 0.6 is 0 Å². The maximum Gasteiger partial charge on any atom is 0.335 e. The Hall–Kier alpha value is -1.47. The summed E-state index contributed by atoms with van der Waals surface area (Å²) in [6.07, 6.45) is 2.54. The van der Waals surface area contributed by atoms with Gasteiger partial charge < -0.3 is 18.7 Å². The second-order valence-electron chi connectivity index (χ2n) is 5.49. The number of aromatic nitrogens is 2. The fourth-order valence-corrected chi connectivity index (χ4v) is 2.17. The van der Waals surface area contributed by atoms with Gasteiger partial charge in [-0.3, -0.25) is 0 Å². The van der Waals surface area contributed by atoms with Crippen LogP contribution in [0.1, 0.15) is 57.9 Å². The van der Waals surface area contributed by atoms with Gasteiger partial charge in [0.05, 0.1) is 12.7 Å². The van der Waals surface area contributed by atoms with Crippen molar-refractivity contribution in [2.24, 2.45) is 0 Å². The van der Waals surface area contributed by atoms with Crippen LogP contribution in [0.3, 0.4) is 0 Å². The van der Waals surface area contributed by atoms with Gasteiger partial charge in [0, 0.05) is 13.0 Å². The van der Waals surface area contributed by atoms with Crippen molar-refractivity contribution in [2.75, 3.05) is 13.2 Å². The molecule has 1 aliphatic rings. The van der Waals surface area contributed by atoms with E-state index < -0.39 is 18.2 Å². The summed E-state index contributed by atoms with van der Waals surface area (Å²) in [5.74, 6) is 0.493. The van der Waals surface area contributed by atoms with Crippen LogP contribution < -0.4 is 0 Å². The average molecular weight is 312 g/mol. The molecule has 0 spiro atoms. The SMILES string of the molecule is CCCc1noc(C(C)OC(=O)C(C)OCC2CCCO2)n1. The first kappa shape index (κ1) is 16.9. The molecular formula is C15H24N2O5. The highest BCUT2D eigenvalue weighted by Crippen LogP contribution is 2.17. The molecule has 7 nitrogen and oxygen atoms in total. The predicted octanol–water partition coefficient (Wildman–Crippen LogP) is 2.21. The molecule has 0 aromatic carbocycles. The van der Waals surface area contributed by atoms with Crippen LogP contribution in [0.25, 0.3) is 0 Å².